The van der Waals surface area contributed by atoms with Gasteiger partial charge >= 0.3 is 5.97 Å². The van der Waals surface area contributed by atoms with E-state index in [9.17, 15) is 13.2 Å². The van der Waals surface area contributed by atoms with Gasteiger partial charge < -0.3 is 9.47 Å². The first-order valence-corrected chi connectivity index (χ1v) is 9.70. The molecule has 8 heteroatoms. The van der Waals surface area contributed by atoms with E-state index in [2.05, 4.69) is 4.72 Å². The number of rotatable bonds is 6. The summed E-state index contributed by atoms with van der Waals surface area (Å²) >= 11 is 6.00. The van der Waals surface area contributed by atoms with Gasteiger partial charge in [0.05, 0.1) is 29.2 Å². The van der Waals surface area contributed by atoms with Gasteiger partial charge in [-0.2, -0.15) is 0 Å². The lowest BCUT2D eigenvalue weighted by molar-refractivity contribution is 0.0526. The molecule has 0 fully saturated rings. The first kappa shape index (κ1) is 20.1. The molecule has 0 aliphatic rings. The van der Waals surface area contributed by atoms with Crippen LogP contribution >= 0.6 is 11.6 Å². The molecular weight excluding hydrogens is 378 g/mol. The third-order valence-electron chi connectivity index (χ3n) is 3.70. The average molecular weight is 398 g/mol. The first-order valence-electron chi connectivity index (χ1n) is 7.84. The molecule has 0 bridgehead atoms. The minimum atomic E-state index is -3.86. The monoisotopic (exact) mass is 397 g/mol. The number of hydrogen-bond donors (Lipinski definition) is 1. The Morgan fingerprint density at radius 3 is 2.46 bits per heavy atom. The van der Waals surface area contributed by atoms with Crippen molar-refractivity contribution in [3.63, 3.8) is 0 Å². The largest absolute Gasteiger partial charge is 0.496 e. The van der Waals surface area contributed by atoms with E-state index in [1.807, 2.05) is 0 Å². The molecule has 6 nitrogen and oxygen atoms in total. The second-order valence-corrected chi connectivity index (χ2v) is 7.67. The Hall–Kier alpha value is -2.25. The Labute approximate surface area is 158 Å². The molecule has 140 valence electrons. The third-order valence-corrected chi connectivity index (χ3v) is 5.55. The number of carbonyl (C=O) groups excluding carboxylic acids is 1. The van der Waals surface area contributed by atoms with Crippen LogP contribution < -0.4 is 9.46 Å². The number of benzene rings is 2. The Balaban J connectivity index is 2.40. The lowest BCUT2D eigenvalue weighted by Crippen LogP contribution is -2.15. The molecule has 0 radical (unpaired) electrons. The minimum absolute atomic E-state index is 0.0938. The molecule has 0 aromatic heterocycles. The van der Waals surface area contributed by atoms with E-state index >= 15 is 0 Å². The SMILES string of the molecule is CCOC(=O)c1cc(NS(=O)(=O)c2cc(C)c(OC)cc2C)ccc1Cl. The number of anilines is 1. The number of nitrogens with one attached hydrogen (secondary N) is 1. The van der Waals surface area contributed by atoms with Gasteiger partial charge in [-0.3, -0.25) is 4.72 Å². The highest BCUT2D eigenvalue weighted by Gasteiger charge is 2.20. The standard InChI is InChI=1S/C18H20ClNO5S/c1-5-25-18(21)14-10-13(6-7-15(14)19)20-26(22,23)17-9-11(2)16(24-4)8-12(17)3/h6-10,20H,5H2,1-4H3. The quantitative estimate of drug-likeness (QED) is 0.746. The number of methoxy groups -OCH3 is 1. The van der Waals surface area contributed by atoms with Crippen molar-refractivity contribution in [3.05, 3.63) is 52.0 Å². The molecule has 0 aliphatic carbocycles. The van der Waals surface area contributed by atoms with Crippen LogP contribution in [0.2, 0.25) is 5.02 Å². The predicted octanol–water partition coefficient (Wildman–Crippen LogP) is 3.94. The number of aryl methyl sites for hydroxylation is 2. The number of esters is 1. The van der Waals surface area contributed by atoms with E-state index in [4.69, 9.17) is 21.1 Å². The fraction of sp³-hybridized carbons (Fsp3) is 0.278. The summed E-state index contributed by atoms with van der Waals surface area (Å²) in [6, 6.07) is 7.48. The van der Waals surface area contributed by atoms with Gasteiger partial charge in [0.1, 0.15) is 5.75 Å². The molecule has 2 aromatic rings. The zero-order chi connectivity index (χ0) is 19.5. The van der Waals surface area contributed by atoms with Gasteiger partial charge in [-0.1, -0.05) is 11.6 Å². The number of ether oxygens (including phenoxy) is 2. The normalized spacial score (nSPS) is 11.1. The summed E-state index contributed by atoms with van der Waals surface area (Å²) in [5.41, 5.74) is 1.54. The van der Waals surface area contributed by atoms with Crippen LogP contribution in [0.1, 0.15) is 28.4 Å². The molecule has 0 aliphatic heterocycles. The van der Waals surface area contributed by atoms with Crippen LogP contribution in [-0.4, -0.2) is 28.1 Å². The van der Waals surface area contributed by atoms with Crippen LogP contribution in [0.5, 0.6) is 5.75 Å². The molecular formula is C18H20ClNO5S. The van der Waals surface area contributed by atoms with Gasteiger partial charge in [0.2, 0.25) is 0 Å². The van der Waals surface area contributed by atoms with Crippen molar-refractivity contribution in [2.24, 2.45) is 0 Å². The predicted molar refractivity (Wildman–Crippen MR) is 101 cm³/mol. The Morgan fingerprint density at radius 2 is 1.85 bits per heavy atom. The molecule has 0 heterocycles. The van der Waals surface area contributed by atoms with Crippen LogP contribution in [0.4, 0.5) is 5.69 Å². The van der Waals surface area contributed by atoms with Crippen molar-refractivity contribution in [3.8, 4) is 5.75 Å². The molecule has 0 saturated heterocycles. The van der Waals surface area contributed by atoms with Crippen molar-refractivity contribution < 1.29 is 22.7 Å². The highest BCUT2D eigenvalue weighted by atomic mass is 35.5. The van der Waals surface area contributed by atoms with Gasteiger partial charge in [0.25, 0.3) is 10.0 Å². The van der Waals surface area contributed by atoms with Crippen molar-refractivity contribution in [2.45, 2.75) is 25.7 Å². The van der Waals surface area contributed by atoms with Gasteiger partial charge in [-0.15, -0.1) is 0 Å². The molecule has 26 heavy (non-hydrogen) atoms. The van der Waals surface area contributed by atoms with Crippen LogP contribution in [0.15, 0.2) is 35.2 Å². The highest BCUT2D eigenvalue weighted by Crippen LogP contribution is 2.28. The van der Waals surface area contributed by atoms with Crippen molar-refractivity contribution in [1.29, 1.82) is 0 Å². The second kappa shape index (κ2) is 7.97. The summed E-state index contributed by atoms with van der Waals surface area (Å²) < 4.78 is 38.1. The Morgan fingerprint density at radius 1 is 1.15 bits per heavy atom. The maximum Gasteiger partial charge on any atom is 0.339 e. The van der Waals surface area contributed by atoms with Crippen LogP contribution in [0.25, 0.3) is 0 Å². The topological polar surface area (TPSA) is 81.7 Å². The van der Waals surface area contributed by atoms with Gasteiger partial charge in [-0.05, 0) is 62.2 Å². The maximum atomic E-state index is 12.8. The second-order valence-electron chi connectivity index (χ2n) is 5.61. The summed E-state index contributed by atoms with van der Waals surface area (Å²) in [6.07, 6.45) is 0. The van der Waals surface area contributed by atoms with Crippen molar-refractivity contribution in [1.82, 2.24) is 0 Å². The first-order chi connectivity index (χ1) is 12.2. The van der Waals surface area contributed by atoms with Gasteiger partial charge in [0.15, 0.2) is 0 Å². The van der Waals surface area contributed by atoms with Crippen LogP contribution in [-0.2, 0) is 14.8 Å². The van der Waals surface area contributed by atoms with Crippen LogP contribution in [0, 0.1) is 13.8 Å². The summed E-state index contributed by atoms with van der Waals surface area (Å²) in [5, 5.41) is 0.183. The van der Waals surface area contributed by atoms with E-state index in [1.54, 1.807) is 32.9 Å². The smallest absolute Gasteiger partial charge is 0.339 e. The highest BCUT2D eigenvalue weighted by molar-refractivity contribution is 7.92. The number of halogens is 1. The minimum Gasteiger partial charge on any atom is -0.496 e. The molecule has 0 amide bonds. The molecule has 0 saturated carbocycles. The Kier molecular flexibility index (Phi) is 6.15. The van der Waals surface area contributed by atoms with Gasteiger partial charge in [-0.25, -0.2) is 13.2 Å². The van der Waals surface area contributed by atoms with E-state index in [0.29, 0.717) is 16.9 Å². The average Bonchev–Trinajstić information content (AvgIpc) is 2.58. The molecule has 0 spiro atoms. The summed E-state index contributed by atoms with van der Waals surface area (Å²) in [6.45, 7) is 5.31. The summed E-state index contributed by atoms with van der Waals surface area (Å²) in [7, 11) is -2.33. The number of sulfonamides is 1. The van der Waals surface area contributed by atoms with E-state index in [0.717, 1.165) is 0 Å². The zero-order valence-corrected chi connectivity index (χ0v) is 16.5. The summed E-state index contributed by atoms with van der Waals surface area (Å²) in [4.78, 5) is 12.1. The zero-order valence-electron chi connectivity index (χ0n) is 14.9. The van der Waals surface area contributed by atoms with Crippen molar-refractivity contribution in [2.75, 3.05) is 18.4 Å². The summed E-state index contributed by atoms with van der Waals surface area (Å²) in [5.74, 6) is -0.00689. The molecule has 2 aromatic carbocycles. The fourth-order valence-electron chi connectivity index (χ4n) is 2.44. The lowest BCUT2D eigenvalue weighted by Gasteiger charge is -2.14. The Bertz CT molecular complexity index is 941. The van der Waals surface area contributed by atoms with E-state index in [-0.39, 0.29) is 27.8 Å². The van der Waals surface area contributed by atoms with Crippen LogP contribution in [0.3, 0.4) is 0 Å². The molecule has 2 rings (SSSR count). The maximum absolute atomic E-state index is 12.8. The molecule has 0 unspecified atom stereocenters. The fourth-order valence-corrected chi connectivity index (χ4v) is 3.99. The number of hydrogen-bond acceptors (Lipinski definition) is 5. The number of carbonyl (C=O) groups is 1. The molecule has 0 atom stereocenters. The third kappa shape index (κ3) is 4.28. The van der Waals surface area contributed by atoms with Gasteiger partial charge in [0, 0.05) is 5.69 Å². The molecule has 1 N–H and O–H groups in total. The van der Waals surface area contributed by atoms with Crippen molar-refractivity contribution >= 4 is 33.3 Å². The van der Waals surface area contributed by atoms with E-state index in [1.165, 1.54) is 25.3 Å². The lowest BCUT2D eigenvalue weighted by atomic mass is 10.1. The van der Waals surface area contributed by atoms with E-state index < -0.39 is 16.0 Å².